The van der Waals surface area contributed by atoms with Crippen LogP contribution in [0.3, 0.4) is 0 Å². The maximum Gasteiger partial charge on any atom is 0.146 e. The summed E-state index contributed by atoms with van der Waals surface area (Å²) in [7, 11) is 4.20. The average molecular weight is 175 g/mol. The lowest BCUT2D eigenvalue weighted by Gasteiger charge is -2.14. The van der Waals surface area contributed by atoms with Crippen molar-refractivity contribution in [2.45, 2.75) is 25.5 Å². The first-order valence-electron chi connectivity index (χ1n) is 3.71. The van der Waals surface area contributed by atoms with E-state index >= 15 is 0 Å². The van der Waals surface area contributed by atoms with E-state index in [2.05, 4.69) is 9.47 Å². The lowest BCUT2D eigenvalue weighted by Crippen LogP contribution is -2.30. The molecule has 3 atom stereocenters. The molecular formula is C7H14NO2P. The zero-order chi connectivity index (χ0) is 8.43. The van der Waals surface area contributed by atoms with Crippen LogP contribution in [-0.2, 0) is 9.32 Å². The molecule has 4 heteroatoms. The Morgan fingerprint density at radius 3 is 2.64 bits per heavy atom. The first-order valence-corrected chi connectivity index (χ1v) is 4.18. The second kappa shape index (κ2) is 3.61. The molecular weight excluding hydrogens is 161 g/mol. The molecule has 1 rings (SSSR count). The van der Waals surface area contributed by atoms with Crippen LogP contribution >= 0.6 is 9.47 Å². The molecule has 1 fully saturated rings. The van der Waals surface area contributed by atoms with Crippen molar-refractivity contribution in [2.75, 3.05) is 13.6 Å². The molecule has 3 nitrogen and oxygen atoms in total. The largest absolute Gasteiger partial charge is 0.361 e. The summed E-state index contributed by atoms with van der Waals surface area (Å²) in [5.74, 6) is 0.233. The molecule has 1 heterocycles. The van der Waals surface area contributed by atoms with Crippen molar-refractivity contribution in [3.63, 3.8) is 0 Å². The molecule has 0 spiro atoms. The van der Waals surface area contributed by atoms with E-state index in [1.807, 2.05) is 11.9 Å². The van der Waals surface area contributed by atoms with Crippen molar-refractivity contribution in [1.82, 2.24) is 4.90 Å². The maximum absolute atomic E-state index is 11.0. The summed E-state index contributed by atoms with van der Waals surface area (Å²) in [5.41, 5.74) is 0. The zero-order valence-corrected chi connectivity index (χ0v) is 8.06. The first kappa shape index (κ1) is 9.11. The topological polar surface area (TPSA) is 29.5 Å². The van der Waals surface area contributed by atoms with Crippen molar-refractivity contribution in [3.05, 3.63) is 0 Å². The monoisotopic (exact) mass is 175 g/mol. The van der Waals surface area contributed by atoms with E-state index in [0.717, 1.165) is 13.0 Å². The molecule has 64 valence electrons. The molecule has 1 saturated heterocycles. The number of rotatable bonds is 2. The number of nitrogens with zero attached hydrogens (tertiary/aromatic N) is 1. The highest BCUT2D eigenvalue weighted by atomic mass is 31.0. The molecule has 0 aromatic carbocycles. The van der Waals surface area contributed by atoms with Gasteiger partial charge >= 0.3 is 0 Å². The molecule has 0 bridgehead atoms. The minimum absolute atomic E-state index is 0.0700. The van der Waals surface area contributed by atoms with Crippen LogP contribution in [0.15, 0.2) is 0 Å². The van der Waals surface area contributed by atoms with Gasteiger partial charge in [0.15, 0.2) is 0 Å². The quantitative estimate of drug-likeness (QED) is 0.571. The van der Waals surface area contributed by atoms with E-state index in [1.165, 1.54) is 0 Å². The highest BCUT2D eigenvalue weighted by Crippen LogP contribution is 2.20. The van der Waals surface area contributed by atoms with Gasteiger partial charge in [-0.1, -0.05) is 0 Å². The number of Topliss-reactive ketones (excluding diaryl/α,β-unsaturated/α-hetero) is 1. The number of hydrogen-bond acceptors (Lipinski definition) is 3. The standard InChI is InChI=1S/C7H14NO2P/c1-5(9)7-3-6(10-11)4-8(7)2/h6-7H,3-4,11H2,1-2H3/t6?,7-/m0/s1. The number of likely N-dealkylation sites (N-methyl/N-ethyl adjacent to an activating group) is 1. The van der Waals surface area contributed by atoms with Gasteiger partial charge in [-0.2, -0.15) is 0 Å². The fraction of sp³-hybridized carbons (Fsp3) is 0.857. The highest BCUT2D eigenvalue weighted by molar-refractivity contribution is 7.09. The Bertz CT molecular complexity index is 163. The molecule has 1 aliphatic rings. The number of likely N-dealkylation sites (tertiary alicyclic amines) is 1. The summed E-state index contributed by atoms with van der Waals surface area (Å²) < 4.78 is 5.08. The van der Waals surface area contributed by atoms with Crippen LogP contribution in [0, 0.1) is 0 Å². The van der Waals surface area contributed by atoms with Crippen molar-refractivity contribution >= 4 is 15.2 Å². The van der Waals surface area contributed by atoms with Gasteiger partial charge in [-0.15, -0.1) is 0 Å². The van der Waals surface area contributed by atoms with Crippen LogP contribution in [-0.4, -0.2) is 36.4 Å². The average Bonchev–Trinajstić information content (AvgIpc) is 2.30. The number of carbonyl (C=O) groups is 1. The summed E-state index contributed by atoms with van der Waals surface area (Å²) in [6, 6.07) is 0.0700. The third kappa shape index (κ3) is 1.98. The zero-order valence-electron chi connectivity index (χ0n) is 6.91. The van der Waals surface area contributed by atoms with Gasteiger partial charge in [0.25, 0.3) is 0 Å². The second-order valence-electron chi connectivity index (χ2n) is 3.06. The van der Waals surface area contributed by atoms with Crippen molar-refractivity contribution in [3.8, 4) is 0 Å². The normalized spacial score (nSPS) is 32.6. The van der Waals surface area contributed by atoms with Gasteiger partial charge in [-0.05, 0) is 20.4 Å². The van der Waals surface area contributed by atoms with Crippen LogP contribution in [0.25, 0.3) is 0 Å². The van der Waals surface area contributed by atoms with E-state index in [1.54, 1.807) is 6.92 Å². The lowest BCUT2D eigenvalue weighted by molar-refractivity contribution is -0.120. The Hall–Kier alpha value is 0.0200. The molecule has 11 heavy (non-hydrogen) atoms. The van der Waals surface area contributed by atoms with Gasteiger partial charge in [0.05, 0.1) is 12.1 Å². The van der Waals surface area contributed by atoms with E-state index in [9.17, 15) is 4.79 Å². The highest BCUT2D eigenvalue weighted by Gasteiger charge is 2.32. The third-order valence-electron chi connectivity index (χ3n) is 2.17. The van der Waals surface area contributed by atoms with Crippen LogP contribution in [0.4, 0.5) is 0 Å². The Labute approximate surface area is 69.4 Å². The van der Waals surface area contributed by atoms with Gasteiger partial charge in [0, 0.05) is 16.0 Å². The van der Waals surface area contributed by atoms with Crippen LogP contribution in [0.1, 0.15) is 13.3 Å². The molecule has 0 radical (unpaired) electrons. The minimum atomic E-state index is 0.0700. The molecule has 0 aromatic rings. The van der Waals surface area contributed by atoms with Gasteiger partial charge < -0.3 is 4.52 Å². The van der Waals surface area contributed by atoms with E-state index < -0.39 is 0 Å². The molecule has 0 aromatic heterocycles. The first-order chi connectivity index (χ1) is 5.15. The SMILES string of the molecule is CC(=O)[C@@H]1CC(OP)CN1C. The predicted molar refractivity (Wildman–Crippen MR) is 46.3 cm³/mol. The number of carbonyl (C=O) groups excluding carboxylic acids is 1. The Morgan fingerprint density at radius 2 is 2.36 bits per heavy atom. The summed E-state index contributed by atoms with van der Waals surface area (Å²) in [6.45, 7) is 2.49. The summed E-state index contributed by atoms with van der Waals surface area (Å²) in [6.07, 6.45) is 1.04. The van der Waals surface area contributed by atoms with E-state index in [0.29, 0.717) is 0 Å². The fourth-order valence-corrected chi connectivity index (χ4v) is 1.72. The Morgan fingerprint density at radius 1 is 1.73 bits per heavy atom. The molecule has 2 unspecified atom stereocenters. The molecule has 0 amide bonds. The van der Waals surface area contributed by atoms with Gasteiger partial charge in [0.2, 0.25) is 0 Å². The van der Waals surface area contributed by atoms with Gasteiger partial charge in [0.1, 0.15) is 5.78 Å². The Balaban J connectivity index is 2.51. The fourth-order valence-electron chi connectivity index (χ4n) is 1.53. The van der Waals surface area contributed by atoms with Crippen molar-refractivity contribution in [1.29, 1.82) is 0 Å². The maximum atomic E-state index is 11.0. The van der Waals surface area contributed by atoms with Crippen LogP contribution in [0.2, 0.25) is 0 Å². The van der Waals surface area contributed by atoms with E-state index in [-0.39, 0.29) is 17.9 Å². The van der Waals surface area contributed by atoms with Crippen molar-refractivity contribution in [2.24, 2.45) is 0 Å². The summed E-state index contributed by atoms with van der Waals surface area (Å²) in [4.78, 5) is 13.1. The van der Waals surface area contributed by atoms with Gasteiger partial charge in [-0.25, -0.2) is 0 Å². The Kier molecular flexibility index (Phi) is 2.99. The lowest BCUT2D eigenvalue weighted by atomic mass is 10.1. The van der Waals surface area contributed by atoms with Gasteiger partial charge in [-0.3, -0.25) is 9.69 Å². The second-order valence-corrected chi connectivity index (χ2v) is 3.33. The number of ketones is 1. The summed E-state index contributed by atoms with van der Waals surface area (Å²) >= 11 is 0. The predicted octanol–water partition coefficient (Wildman–Crippen LogP) is 0.455. The summed E-state index contributed by atoms with van der Waals surface area (Å²) in [5, 5.41) is 0. The number of hydrogen-bond donors (Lipinski definition) is 0. The molecule has 0 N–H and O–H groups in total. The van der Waals surface area contributed by atoms with Crippen LogP contribution in [0.5, 0.6) is 0 Å². The molecule has 1 aliphatic heterocycles. The van der Waals surface area contributed by atoms with Crippen molar-refractivity contribution < 1.29 is 9.32 Å². The smallest absolute Gasteiger partial charge is 0.146 e. The van der Waals surface area contributed by atoms with E-state index in [4.69, 9.17) is 4.52 Å². The minimum Gasteiger partial charge on any atom is -0.361 e. The van der Waals surface area contributed by atoms with Crippen LogP contribution < -0.4 is 0 Å². The molecule has 0 saturated carbocycles. The third-order valence-corrected chi connectivity index (χ3v) is 2.56. The molecule has 0 aliphatic carbocycles.